The van der Waals surface area contributed by atoms with Crippen molar-refractivity contribution in [1.82, 2.24) is 9.62 Å². The molecule has 1 heterocycles. The molecule has 2 aromatic carbocycles. The zero-order chi connectivity index (χ0) is 21.2. The molecule has 29 heavy (non-hydrogen) atoms. The number of rotatable bonds is 7. The molecule has 1 aliphatic heterocycles. The van der Waals surface area contributed by atoms with E-state index in [0.717, 1.165) is 5.56 Å². The van der Waals surface area contributed by atoms with Crippen LogP contribution in [0.4, 0.5) is 4.39 Å². The summed E-state index contributed by atoms with van der Waals surface area (Å²) in [5.74, 6) is -1.70. The maximum atomic E-state index is 14.5. The SMILES string of the molecule is CC(=O)N1CC(CS(=O)(=O)NCC(=O)c2cc(-c3ccccc3)cc(C)c2F)C1. The third kappa shape index (κ3) is 5.07. The van der Waals surface area contributed by atoms with Gasteiger partial charge < -0.3 is 4.90 Å². The molecule has 1 aliphatic rings. The van der Waals surface area contributed by atoms with Crippen LogP contribution in [0, 0.1) is 18.7 Å². The largest absolute Gasteiger partial charge is 0.342 e. The molecule has 0 saturated carbocycles. The molecule has 0 radical (unpaired) electrons. The number of hydrogen-bond donors (Lipinski definition) is 1. The van der Waals surface area contributed by atoms with E-state index in [1.165, 1.54) is 13.0 Å². The topological polar surface area (TPSA) is 83.6 Å². The number of halogens is 1. The van der Waals surface area contributed by atoms with Crippen molar-refractivity contribution < 1.29 is 22.4 Å². The number of carbonyl (C=O) groups is 2. The minimum absolute atomic E-state index is 0.0917. The molecule has 0 aromatic heterocycles. The summed E-state index contributed by atoms with van der Waals surface area (Å²) in [5, 5.41) is 0. The van der Waals surface area contributed by atoms with E-state index in [1.54, 1.807) is 17.9 Å². The van der Waals surface area contributed by atoms with Crippen LogP contribution in [-0.2, 0) is 14.8 Å². The number of carbonyl (C=O) groups excluding carboxylic acids is 2. The summed E-state index contributed by atoms with van der Waals surface area (Å²) in [6, 6.07) is 12.4. The molecule has 1 fully saturated rings. The molecule has 8 heteroatoms. The summed E-state index contributed by atoms with van der Waals surface area (Å²) in [7, 11) is -3.71. The average molecular weight is 418 g/mol. The second kappa shape index (κ2) is 8.42. The molecular formula is C21H23FN2O4S. The van der Waals surface area contributed by atoms with Crippen LogP contribution in [0.15, 0.2) is 42.5 Å². The maximum absolute atomic E-state index is 14.5. The third-order valence-electron chi connectivity index (χ3n) is 4.97. The Hall–Kier alpha value is -2.58. The number of amides is 1. The Kier molecular flexibility index (Phi) is 6.14. The minimum atomic E-state index is -3.71. The van der Waals surface area contributed by atoms with Crippen LogP contribution >= 0.6 is 0 Å². The van der Waals surface area contributed by atoms with Crippen LogP contribution in [0.1, 0.15) is 22.8 Å². The monoisotopic (exact) mass is 418 g/mol. The number of benzene rings is 2. The molecule has 0 aliphatic carbocycles. The summed E-state index contributed by atoms with van der Waals surface area (Å²) in [6.07, 6.45) is 0. The van der Waals surface area contributed by atoms with Gasteiger partial charge in [0.05, 0.1) is 17.9 Å². The number of nitrogens with one attached hydrogen (secondary N) is 1. The van der Waals surface area contributed by atoms with Gasteiger partial charge in [0.2, 0.25) is 15.9 Å². The number of nitrogens with zero attached hydrogens (tertiary/aromatic N) is 1. The molecular weight excluding hydrogens is 395 g/mol. The highest BCUT2D eigenvalue weighted by Gasteiger charge is 2.32. The van der Waals surface area contributed by atoms with Crippen molar-refractivity contribution >= 4 is 21.7 Å². The number of hydrogen-bond acceptors (Lipinski definition) is 4. The lowest BCUT2D eigenvalue weighted by atomic mass is 9.98. The fourth-order valence-electron chi connectivity index (χ4n) is 3.34. The Balaban J connectivity index is 1.67. The van der Waals surface area contributed by atoms with Crippen LogP contribution in [0.2, 0.25) is 0 Å². The molecule has 0 atom stereocenters. The summed E-state index contributed by atoms with van der Waals surface area (Å²) in [4.78, 5) is 25.3. The standard InChI is InChI=1S/C21H23FN2O4S/c1-14-8-18(17-6-4-3-5-7-17)9-19(21(14)22)20(26)10-23-29(27,28)13-16-11-24(12-16)15(2)25/h3-9,16,23H,10-13H2,1-2H3. The van der Waals surface area contributed by atoms with Crippen molar-refractivity contribution in [2.24, 2.45) is 5.92 Å². The minimum Gasteiger partial charge on any atom is -0.342 e. The summed E-state index contributed by atoms with van der Waals surface area (Å²) >= 11 is 0. The molecule has 1 amide bonds. The van der Waals surface area contributed by atoms with Crippen LogP contribution in [0.5, 0.6) is 0 Å². The van der Waals surface area contributed by atoms with Gasteiger partial charge >= 0.3 is 0 Å². The molecule has 0 unspecified atom stereocenters. The predicted molar refractivity (Wildman–Crippen MR) is 108 cm³/mol. The van der Waals surface area contributed by atoms with Gasteiger partial charge in [-0.1, -0.05) is 30.3 Å². The zero-order valence-corrected chi connectivity index (χ0v) is 17.1. The Morgan fingerprint density at radius 3 is 2.41 bits per heavy atom. The summed E-state index contributed by atoms with van der Waals surface area (Å²) in [6.45, 7) is 3.26. The summed E-state index contributed by atoms with van der Waals surface area (Å²) < 4.78 is 41.2. The molecule has 6 nitrogen and oxygen atoms in total. The third-order valence-corrected chi connectivity index (χ3v) is 6.47. The van der Waals surface area contributed by atoms with Crippen LogP contribution in [0.3, 0.4) is 0 Å². The normalized spacial score (nSPS) is 14.5. The first-order chi connectivity index (χ1) is 13.7. The number of sulfonamides is 1. The number of Topliss-reactive ketones (excluding diaryl/α,β-unsaturated/α-hetero) is 1. The van der Waals surface area contributed by atoms with E-state index in [4.69, 9.17) is 0 Å². The van der Waals surface area contributed by atoms with Gasteiger partial charge in [-0.05, 0) is 35.7 Å². The van der Waals surface area contributed by atoms with Crippen molar-refractivity contribution in [2.45, 2.75) is 13.8 Å². The molecule has 0 spiro atoms. The van der Waals surface area contributed by atoms with Gasteiger partial charge in [0.25, 0.3) is 0 Å². The molecule has 1 N–H and O–H groups in total. The van der Waals surface area contributed by atoms with Gasteiger partial charge in [-0.2, -0.15) is 0 Å². The lowest BCUT2D eigenvalue weighted by Crippen LogP contribution is -2.52. The molecule has 0 bridgehead atoms. The van der Waals surface area contributed by atoms with Gasteiger partial charge in [-0.15, -0.1) is 0 Å². The quantitative estimate of drug-likeness (QED) is 0.700. The van der Waals surface area contributed by atoms with Crippen molar-refractivity contribution in [2.75, 3.05) is 25.4 Å². The Morgan fingerprint density at radius 2 is 1.79 bits per heavy atom. The average Bonchev–Trinajstić information content (AvgIpc) is 2.65. The van der Waals surface area contributed by atoms with Crippen LogP contribution < -0.4 is 4.72 Å². The molecule has 154 valence electrons. The lowest BCUT2D eigenvalue weighted by Gasteiger charge is -2.38. The van der Waals surface area contributed by atoms with Crippen molar-refractivity contribution in [3.8, 4) is 11.1 Å². The van der Waals surface area contributed by atoms with Gasteiger partial charge in [-0.3, -0.25) is 9.59 Å². The van der Waals surface area contributed by atoms with Gasteiger partial charge in [0.15, 0.2) is 5.78 Å². The molecule has 3 rings (SSSR count). The smallest absolute Gasteiger partial charge is 0.219 e. The van der Waals surface area contributed by atoms with E-state index in [2.05, 4.69) is 4.72 Å². The lowest BCUT2D eigenvalue weighted by molar-refractivity contribution is -0.134. The number of likely N-dealkylation sites (tertiary alicyclic amines) is 1. The van der Waals surface area contributed by atoms with E-state index in [1.807, 2.05) is 30.3 Å². The fourth-order valence-corrected chi connectivity index (χ4v) is 4.64. The van der Waals surface area contributed by atoms with E-state index < -0.39 is 28.2 Å². The van der Waals surface area contributed by atoms with Crippen LogP contribution in [0.25, 0.3) is 11.1 Å². The van der Waals surface area contributed by atoms with Crippen molar-refractivity contribution in [3.05, 3.63) is 59.4 Å². The molecule has 1 saturated heterocycles. The summed E-state index contributed by atoms with van der Waals surface area (Å²) in [5.41, 5.74) is 1.70. The highest BCUT2D eigenvalue weighted by molar-refractivity contribution is 7.89. The highest BCUT2D eigenvalue weighted by atomic mass is 32.2. The number of ketones is 1. The maximum Gasteiger partial charge on any atom is 0.219 e. The first kappa shape index (κ1) is 21.1. The molecule has 2 aromatic rings. The first-order valence-electron chi connectivity index (χ1n) is 9.28. The van der Waals surface area contributed by atoms with Gasteiger partial charge in [0.1, 0.15) is 5.82 Å². The fraction of sp³-hybridized carbons (Fsp3) is 0.333. The van der Waals surface area contributed by atoms with Crippen molar-refractivity contribution in [3.63, 3.8) is 0 Å². The highest BCUT2D eigenvalue weighted by Crippen LogP contribution is 2.25. The Labute approximate surface area is 169 Å². The zero-order valence-electron chi connectivity index (χ0n) is 16.3. The Bertz CT molecular complexity index is 1030. The Morgan fingerprint density at radius 1 is 1.14 bits per heavy atom. The number of aryl methyl sites for hydroxylation is 1. The van der Waals surface area contributed by atoms with Crippen LogP contribution in [-0.4, -0.2) is 50.4 Å². The van der Waals surface area contributed by atoms with Gasteiger partial charge in [0, 0.05) is 25.9 Å². The van der Waals surface area contributed by atoms with Gasteiger partial charge in [-0.25, -0.2) is 17.5 Å². The first-order valence-corrected chi connectivity index (χ1v) is 10.9. The van der Waals surface area contributed by atoms with E-state index in [-0.39, 0.29) is 23.1 Å². The second-order valence-electron chi connectivity index (χ2n) is 7.34. The van der Waals surface area contributed by atoms with E-state index in [0.29, 0.717) is 24.2 Å². The second-order valence-corrected chi connectivity index (χ2v) is 9.19. The van der Waals surface area contributed by atoms with E-state index >= 15 is 0 Å². The van der Waals surface area contributed by atoms with Crippen molar-refractivity contribution in [1.29, 1.82) is 0 Å². The van der Waals surface area contributed by atoms with E-state index in [9.17, 15) is 22.4 Å². The predicted octanol–water partition coefficient (Wildman–Crippen LogP) is 2.38.